The van der Waals surface area contributed by atoms with Crippen molar-refractivity contribution in [2.24, 2.45) is 4.99 Å². The van der Waals surface area contributed by atoms with E-state index in [0.717, 1.165) is 18.6 Å². The fourth-order valence-electron chi connectivity index (χ4n) is 0.801. The Kier molecular flexibility index (Phi) is 3.00. The lowest BCUT2D eigenvalue weighted by molar-refractivity contribution is 1.09. The van der Waals surface area contributed by atoms with Gasteiger partial charge in [-0.1, -0.05) is 13.8 Å². The molecule has 0 aromatic heterocycles. The summed E-state index contributed by atoms with van der Waals surface area (Å²) in [6, 6.07) is 0. The van der Waals surface area contributed by atoms with Gasteiger partial charge in [-0.3, -0.25) is 4.99 Å². The van der Waals surface area contributed by atoms with Crippen molar-refractivity contribution in [3.63, 3.8) is 0 Å². The van der Waals surface area contributed by atoms with Crippen LogP contribution in [0, 0.1) is 0 Å². The number of thioether (sulfide) groups is 1. The molecule has 0 saturated heterocycles. The van der Waals surface area contributed by atoms with Gasteiger partial charge in [-0.2, -0.15) is 0 Å². The van der Waals surface area contributed by atoms with Gasteiger partial charge in [-0.05, 0) is 18.4 Å². The lowest BCUT2D eigenvalue weighted by Crippen LogP contribution is -1.98. The molecule has 56 valence electrons. The molecule has 0 amide bonds. The zero-order chi connectivity index (χ0) is 7.40. The predicted octanol–water partition coefficient (Wildman–Crippen LogP) is 2.84. The molecule has 1 aliphatic rings. The molecule has 0 fully saturated rings. The maximum absolute atomic E-state index is 4.32. The Morgan fingerprint density at radius 1 is 1.50 bits per heavy atom. The number of rotatable bonds is 2. The molecule has 0 saturated carbocycles. The van der Waals surface area contributed by atoms with Crippen LogP contribution >= 0.6 is 11.8 Å². The molecule has 10 heavy (non-hydrogen) atoms. The molecule has 1 heterocycles. The summed E-state index contributed by atoms with van der Waals surface area (Å²) in [4.78, 5) is 4.32. The third kappa shape index (κ3) is 1.87. The maximum Gasteiger partial charge on any atom is 0.0731 e. The number of hydrogen-bond acceptors (Lipinski definition) is 2. The van der Waals surface area contributed by atoms with Gasteiger partial charge in [0.15, 0.2) is 0 Å². The first-order valence-corrected chi connectivity index (χ1v) is 4.72. The molecule has 0 bridgehead atoms. The molecule has 0 spiro atoms. The van der Waals surface area contributed by atoms with Crippen molar-refractivity contribution in [3.05, 3.63) is 11.8 Å². The Morgan fingerprint density at radius 2 is 2.30 bits per heavy atom. The second kappa shape index (κ2) is 3.81. The quantitative estimate of drug-likeness (QED) is 0.597. The fourth-order valence-corrected chi connectivity index (χ4v) is 1.76. The van der Waals surface area contributed by atoms with Gasteiger partial charge in [0.2, 0.25) is 0 Å². The minimum atomic E-state index is 1.08. The Morgan fingerprint density at radius 3 is 2.70 bits per heavy atom. The highest BCUT2D eigenvalue weighted by Crippen LogP contribution is 2.19. The van der Waals surface area contributed by atoms with Gasteiger partial charge in [-0.25, -0.2) is 0 Å². The Balaban J connectivity index is 2.55. The molecule has 0 aliphatic carbocycles. The van der Waals surface area contributed by atoms with Crippen LogP contribution in [0.4, 0.5) is 0 Å². The molecule has 0 N–H and O–H groups in total. The van der Waals surface area contributed by atoms with Crippen molar-refractivity contribution < 1.29 is 0 Å². The predicted molar refractivity (Wildman–Crippen MR) is 48.6 cm³/mol. The fraction of sp³-hybridized carbons (Fsp3) is 0.625. The third-order valence-electron chi connectivity index (χ3n) is 1.57. The second-order valence-electron chi connectivity index (χ2n) is 2.31. The summed E-state index contributed by atoms with van der Waals surface area (Å²) in [6.45, 7) is 4.33. The molecule has 0 atom stereocenters. The standard InChI is InChI=1S/C8H13NS/c1-3-7-5-9-8(4-2)10-6-7/h5H,3-4,6H2,1-2H3. The summed E-state index contributed by atoms with van der Waals surface area (Å²) < 4.78 is 0. The van der Waals surface area contributed by atoms with E-state index in [9.17, 15) is 0 Å². The molecule has 2 heteroatoms. The number of aliphatic imine (C=N–C) groups is 1. The van der Waals surface area contributed by atoms with E-state index < -0.39 is 0 Å². The van der Waals surface area contributed by atoms with Gasteiger partial charge in [0.1, 0.15) is 0 Å². The highest BCUT2D eigenvalue weighted by atomic mass is 32.2. The lowest BCUT2D eigenvalue weighted by Gasteiger charge is -2.09. The SMILES string of the molecule is CCC1=CN=C(CC)SC1. The minimum absolute atomic E-state index is 1.08. The monoisotopic (exact) mass is 155 g/mol. The van der Waals surface area contributed by atoms with Gasteiger partial charge >= 0.3 is 0 Å². The van der Waals surface area contributed by atoms with Crippen LogP contribution in [0.3, 0.4) is 0 Å². The molecular weight excluding hydrogens is 142 g/mol. The minimum Gasteiger partial charge on any atom is -0.254 e. The largest absolute Gasteiger partial charge is 0.254 e. The van der Waals surface area contributed by atoms with Crippen LogP contribution in [0.5, 0.6) is 0 Å². The van der Waals surface area contributed by atoms with E-state index in [2.05, 4.69) is 18.8 Å². The molecule has 0 aromatic rings. The van der Waals surface area contributed by atoms with E-state index in [1.54, 1.807) is 0 Å². The second-order valence-corrected chi connectivity index (χ2v) is 3.35. The van der Waals surface area contributed by atoms with Crippen molar-refractivity contribution in [2.45, 2.75) is 26.7 Å². The van der Waals surface area contributed by atoms with Crippen LogP contribution < -0.4 is 0 Å². The molecule has 0 aromatic carbocycles. The molecule has 1 aliphatic heterocycles. The highest BCUT2D eigenvalue weighted by Gasteiger charge is 2.03. The summed E-state index contributed by atoms with van der Waals surface area (Å²) in [6.07, 6.45) is 4.25. The zero-order valence-electron chi connectivity index (χ0n) is 6.55. The molecular formula is C8H13NS. The van der Waals surface area contributed by atoms with Gasteiger partial charge in [-0.15, -0.1) is 11.8 Å². The Hall–Kier alpha value is -0.240. The highest BCUT2D eigenvalue weighted by molar-refractivity contribution is 8.14. The first-order chi connectivity index (χ1) is 4.86. The first kappa shape index (κ1) is 7.86. The van der Waals surface area contributed by atoms with Crippen LogP contribution in [0.15, 0.2) is 16.8 Å². The Labute approximate surface area is 66.6 Å². The van der Waals surface area contributed by atoms with Crippen molar-refractivity contribution in [2.75, 3.05) is 5.75 Å². The molecule has 0 radical (unpaired) electrons. The van der Waals surface area contributed by atoms with Crippen molar-refractivity contribution >= 4 is 16.8 Å². The van der Waals surface area contributed by atoms with E-state index >= 15 is 0 Å². The third-order valence-corrected chi connectivity index (χ3v) is 2.81. The topological polar surface area (TPSA) is 12.4 Å². The summed E-state index contributed by atoms with van der Waals surface area (Å²) in [7, 11) is 0. The van der Waals surface area contributed by atoms with E-state index in [0.29, 0.717) is 0 Å². The smallest absolute Gasteiger partial charge is 0.0731 e. The van der Waals surface area contributed by atoms with Crippen LogP contribution in [-0.4, -0.2) is 10.8 Å². The lowest BCUT2D eigenvalue weighted by atomic mass is 10.2. The molecule has 0 unspecified atom stereocenters. The average molecular weight is 155 g/mol. The van der Waals surface area contributed by atoms with Gasteiger partial charge in [0, 0.05) is 12.0 Å². The Bertz CT molecular complexity index is 150. The van der Waals surface area contributed by atoms with Crippen LogP contribution in [0.1, 0.15) is 26.7 Å². The number of nitrogens with zero attached hydrogens (tertiary/aromatic N) is 1. The van der Waals surface area contributed by atoms with E-state index in [4.69, 9.17) is 0 Å². The number of hydrogen-bond donors (Lipinski definition) is 0. The molecule has 1 rings (SSSR count). The van der Waals surface area contributed by atoms with E-state index in [1.807, 2.05) is 18.0 Å². The normalized spacial score (nSPS) is 18.2. The van der Waals surface area contributed by atoms with Crippen molar-refractivity contribution in [1.82, 2.24) is 0 Å². The first-order valence-electron chi connectivity index (χ1n) is 3.74. The summed E-state index contributed by atoms with van der Waals surface area (Å²) in [5.41, 5.74) is 1.46. The van der Waals surface area contributed by atoms with Crippen LogP contribution in [0.25, 0.3) is 0 Å². The van der Waals surface area contributed by atoms with Crippen molar-refractivity contribution in [1.29, 1.82) is 0 Å². The van der Waals surface area contributed by atoms with Crippen LogP contribution in [0.2, 0.25) is 0 Å². The summed E-state index contributed by atoms with van der Waals surface area (Å²) in [5.74, 6) is 1.16. The molecule has 1 nitrogen and oxygen atoms in total. The van der Waals surface area contributed by atoms with E-state index in [-0.39, 0.29) is 0 Å². The van der Waals surface area contributed by atoms with Gasteiger partial charge < -0.3 is 0 Å². The van der Waals surface area contributed by atoms with E-state index in [1.165, 1.54) is 10.6 Å². The zero-order valence-corrected chi connectivity index (χ0v) is 7.37. The van der Waals surface area contributed by atoms with Crippen LogP contribution in [-0.2, 0) is 0 Å². The summed E-state index contributed by atoms with van der Waals surface area (Å²) in [5, 5.41) is 1.28. The van der Waals surface area contributed by atoms with Gasteiger partial charge in [0.05, 0.1) is 5.04 Å². The summed E-state index contributed by atoms with van der Waals surface area (Å²) >= 11 is 1.88. The average Bonchev–Trinajstić information content (AvgIpc) is 2.05. The van der Waals surface area contributed by atoms with Crippen molar-refractivity contribution in [3.8, 4) is 0 Å². The maximum atomic E-state index is 4.32. The van der Waals surface area contributed by atoms with Gasteiger partial charge in [0.25, 0.3) is 0 Å².